The van der Waals surface area contributed by atoms with Gasteiger partial charge in [0.2, 0.25) is 0 Å². The number of anilines is 1. The van der Waals surface area contributed by atoms with E-state index < -0.39 is 4.92 Å². The van der Waals surface area contributed by atoms with Gasteiger partial charge in [0.05, 0.1) is 24.2 Å². The minimum atomic E-state index is -0.500. The number of non-ortho nitro benzene ring substituents is 1. The predicted octanol–water partition coefficient (Wildman–Crippen LogP) is 2.46. The molecule has 1 unspecified atom stereocenters. The van der Waals surface area contributed by atoms with Crippen LogP contribution in [0.15, 0.2) is 48.5 Å². The zero-order valence-corrected chi connectivity index (χ0v) is 16.7. The highest BCUT2D eigenvalue weighted by molar-refractivity contribution is 5.94. The van der Waals surface area contributed by atoms with Crippen LogP contribution < -0.4 is 10.2 Å². The monoisotopic (exact) mass is 398 g/mol. The number of nitro benzene ring substituents is 1. The first kappa shape index (κ1) is 20.8. The van der Waals surface area contributed by atoms with Crippen LogP contribution in [0.25, 0.3) is 0 Å². The first-order valence-electron chi connectivity index (χ1n) is 9.57. The van der Waals surface area contributed by atoms with Gasteiger partial charge in [0.25, 0.3) is 11.6 Å². The molecule has 2 aromatic carbocycles. The average molecular weight is 398 g/mol. The first-order chi connectivity index (χ1) is 14.0. The number of benzene rings is 2. The topological polar surface area (TPSA) is 88.0 Å². The molecule has 1 amide bonds. The second kappa shape index (κ2) is 9.49. The number of carbonyl (C=O) groups excluding carboxylic acids is 1. The standard InChI is InChI=1S/C21H26N4O4/c1-23(2)18-8-6-16(7-9-18)20(24-10-12-29-13-11-24)15-22-21(26)17-4-3-5-19(14-17)25(27)28/h3-9,14,20H,10-13,15H2,1-2H3,(H,22,26). The van der Waals surface area contributed by atoms with Crippen LogP contribution in [0.2, 0.25) is 0 Å². The van der Waals surface area contributed by atoms with Gasteiger partial charge in [-0.05, 0) is 23.8 Å². The Balaban J connectivity index is 1.75. The number of carbonyl (C=O) groups is 1. The van der Waals surface area contributed by atoms with Gasteiger partial charge in [-0.15, -0.1) is 0 Å². The van der Waals surface area contributed by atoms with E-state index in [0.717, 1.165) is 24.3 Å². The summed E-state index contributed by atoms with van der Waals surface area (Å²) in [6.45, 7) is 3.29. The lowest BCUT2D eigenvalue weighted by Crippen LogP contribution is -2.43. The fourth-order valence-corrected chi connectivity index (χ4v) is 3.39. The van der Waals surface area contributed by atoms with Gasteiger partial charge < -0.3 is 15.0 Å². The van der Waals surface area contributed by atoms with Crippen LogP contribution in [0.1, 0.15) is 22.0 Å². The van der Waals surface area contributed by atoms with Crippen molar-refractivity contribution in [1.29, 1.82) is 0 Å². The molecule has 1 fully saturated rings. The maximum absolute atomic E-state index is 12.6. The number of amides is 1. The highest BCUT2D eigenvalue weighted by atomic mass is 16.6. The third-order valence-electron chi connectivity index (χ3n) is 5.06. The van der Waals surface area contributed by atoms with Crippen LogP contribution >= 0.6 is 0 Å². The summed E-state index contributed by atoms with van der Waals surface area (Å²) >= 11 is 0. The van der Waals surface area contributed by atoms with Crippen LogP contribution in [-0.4, -0.2) is 62.7 Å². The minimum absolute atomic E-state index is 0.00207. The van der Waals surface area contributed by atoms with Gasteiger partial charge >= 0.3 is 0 Å². The Morgan fingerprint density at radius 3 is 2.52 bits per heavy atom. The van der Waals surface area contributed by atoms with Crippen LogP contribution in [0.4, 0.5) is 11.4 Å². The van der Waals surface area contributed by atoms with E-state index in [1.807, 2.05) is 19.0 Å². The van der Waals surface area contributed by atoms with E-state index in [9.17, 15) is 14.9 Å². The fraction of sp³-hybridized carbons (Fsp3) is 0.381. The second-order valence-corrected chi connectivity index (χ2v) is 7.17. The Morgan fingerprint density at radius 2 is 1.90 bits per heavy atom. The molecule has 1 atom stereocenters. The van der Waals surface area contributed by atoms with E-state index in [0.29, 0.717) is 19.8 Å². The van der Waals surface area contributed by atoms with Gasteiger partial charge in [0, 0.05) is 57.1 Å². The van der Waals surface area contributed by atoms with Crippen molar-refractivity contribution in [3.8, 4) is 0 Å². The molecule has 0 saturated carbocycles. The minimum Gasteiger partial charge on any atom is -0.379 e. The fourth-order valence-electron chi connectivity index (χ4n) is 3.39. The molecule has 29 heavy (non-hydrogen) atoms. The summed E-state index contributed by atoms with van der Waals surface area (Å²) in [7, 11) is 3.99. The van der Waals surface area contributed by atoms with Crippen molar-refractivity contribution < 1.29 is 14.5 Å². The lowest BCUT2D eigenvalue weighted by atomic mass is 10.0. The molecule has 3 rings (SSSR count). The molecule has 8 heteroatoms. The summed E-state index contributed by atoms with van der Waals surface area (Å²) < 4.78 is 5.47. The van der Waals surface area contributed by atoms with E-state index in [4.69, 9.17) is 4.74 Å². The summed E-state index contributed by atoms with van der Waals surface area (Å²) in [6.07, 6.45) is 0. The van der Waals surface area contributed by atoms with Crippen LogP contribution in [0, 0.1) is 10.1 Å². The summed E-state index contributed by atoms with van der Waals surface area (Å²) in [5.41, 5.74) is 2.40. The number of nitrogens with one attached hydrogen (secondary N) is 1. The molecule has 8 nitrogen and oxygen atoms in total. The van der Waals surface area contributed by atoms with E-state index in [1.54, 1.807) is 6.07 Å². The Bertz CT molecular complexity index is 848. The molecule has 0 aromatic heterocycles. The zero-order chi connectivity index (χ0) is 20.8. The number of rotatable bonds is 7. The highest BCUT2D eigenvalue weighted by Gasteiger charge is 2.24. The molecular formula is C21H26N4O4. The van der Waals surface area contributed by atoms with Gasteiger partial charge in [-0.2, -0.15) is 0 Å². The molecule has 1 heterocycles. The van der Waals surface area contributed by atoms with Gasteiger partial charge in [0.15, 0.2) is 0 Å². The Kier molecular flexibility index (Phi) is 6.79. The Labute approximate surface area is 170 Å². The van der Waals surface area contributed by atoms with Crippen molar-refractivity contribution in [2.75, 3.05) is 51.8 Å². The van der Waals surface area contributed by atoms with Gasteiger partial charge in [-0.25, -0.2) is 0 Å². The number of nitrogens with zero attached hydrogens (tertiary/aromatic N) is 3. The summed E-state index contributed by atoms with van der Waals surface area (Å²) in [5, 5.41) is 13.9. The zero-order valence-electron chi connectivity index (χ0n) is 16.7. The molecule has 1 saturated heterocycles. The predicted molar refractivity (Wildman–Crippen MR) is 111 cm³/mol. The lowest BCUT2D eigenvalue weighted by Gasteiger charge is -2.35. The lowest BCUT2D eigenvalue weighted by molar-refractivity contribution is -0.384. The molecule has 154 valence electrons. The molecular weight excluding hydrogens is 372 g/mol. The first-order valence-corrected chi connectivity index (χ1v) is 9.57. The molecule has 2 aromatic rings. The number of morpholine rings is 1. The average Bonchev–Trinajstić information content (AvgIpc) is 2.75. The molecule has 0 radical (unpaired) electrons. The molecule has 0 bridgehead atoms. The van der Waals surface area contributed by atoms with E-state index >= 15 is 0 Å². The third-order valence-corrected chi connectivity index (χ3v) is 5.06. The molecule has 1 N–H and O–H groups in total. The maximum Gasteiger partial charge on any atom is 0.270 e. The van der Waals surface area contributed by atoms with Crippen molar-refractivity contribution in [1.82, 2.24) is 10.2 Å². The van der Waals surface area contributed by atoms with Gasteiger partial charge in [0.1, 0.15) is 0 Å². The van der Waals surface area contributed by atoms with Crippen molar-refractivity contribution in [2.24, 2.45) is 0 Å². The van der Waals surface area contributed by atoms with Crippen LogP contribution in [0.5, 0.6) is 0 Å². The molecule has 1 aliphatic heterocycles. The van der Waals surface area contributed by atoms with Crippen LogP contribution in [0.3, 0.4) is 0 Å². The van der Waals surface area contributed by atoms with E-state index in [-0.39, 0.29) is 23.2 Å². The summed E-state index contributed by atoms with van der Waals surface area (Å²) in [5.74, 6) is -0.322. The number of nitro groups is 1. The maximum atomic E-state index is 12.6. The number of hydrogen-bond donors (Lipinski definition) is 1. The van der Waals surface area contributed by atoms with Crippen molar-refractivity contribution >= 4 is 17.3 Å². The quantitative estimate of drug-likeness (QED) is 0.569. The summed E-state index contributed by atoms with van der Waals surface area (Å²) in [4.78, 5) is 27.4. The number of hydrogen-bond acceptors (Lipinski definition) is 6. The summed E-state index contributed by atoms with van der Waals surface area (Å²) in [6, 6.07) is 14.0. The normalized spacial score (nSPS) is 15.5. The van der Waals surface area contributed by atoms with E-state index in [1.165, 1.54) is 18.2 Å². The SMILES string of the molecule is CN(C)c1ccc(C(CNC(=O)c2cccc([N+](=O)[O-])c2)N2CCOCC2)cc1. The second-order valence-electron chi connectivity index (χ2n) is 7.17. The largest absolute Gasteiger partial charge is 0.379 e. The molecule has 0 aliphatic carbocycles. The van der Waals surface area contributed by atoms with Crippen molar-refractivity contribution in [3.63, 3.8) is 0 Å². The Hall–Kier alpha value is -2.97. The van der Waals surface area contributed by atoms with Gasteiger partial charge in [-0.3, -0.25) is 19.8 Å². The third kappa shape index (κ3) is 5.30. The van der Waals surface area contributed by atoms with E-state index in [2.05, 4.69) is 34.5 Å². The van der Waals surface area contributed by atoms with Crippen molar-refractivity contribution in [2.45, 2.75) is 6.04 Å². The van der Waals surface area contributed by atoms with Crippen LogP contribution in [-0.2, 0) is 4.74 Å². The molecule has 0 spiro atoms. The smallest absolute Gasteiger partial charge is 0.270 e. The molecule has 1 aliphatic rings. The van der Waals surface area contributed by atoms with Crippen molar-refractivity contribution in [3.05, 3.63) is 69.8 Å². The highest BCUT2D eigenvalue weighted by Crippen LogP contribution is 2.24. The van der Waals surface area contributed by atoms with Gasteiger partial charge in [-0.1, -0.05) is 18.2 Å². The number of ether oxygens (including phenoxy) is 1. The Morgan fingerprint density at radius 1 is 1.21 bits per heavy atom.